The van der Waals surface area contributed by atoms with Gasteiger partial charge in [-0.2, -0.15) is 0 Å². The van der Waals surface area contributed by atoms with Crippen LogP contribution in [0.5, 0.6) is 0 Å². The van der Waals surface area contributed by atoms with Crippen molar-refractivity contribution in [2.45, 2.75) is 59.0 Å². The standard InChI is InChI=1S/C17H30N2S/c1-14(2)13-19(16-6-4-5-7-16)10-9-18-12-17-15(3)8-11-20-17/h8,11,14,16,18H,4-7,9-10,12-13H2,1-3H3. The average Bonchev–Trinajstić information content (AvgIpc) is 3.04. The first-order valence-electron chi connectivity index (χ1n) is 8.14. The van der Waals surface area contributed by atoms with Gasteiger partial charge in [0.2, 0.25) is 0 Å². The fourth-order valence-electron chi connectivity index (χ4n) is 3.17. The molecule has 114 valence electrons. The third kappa shape index (κ3) is 4.87. The van der Waals surface area contributed by atoms with E-state index in [2.05, 4.69) is 42.4 Å². The zero-order valence-corrected chi connectivity index (χ0v) is 14.1. The normalized spacial score (nSPS) is 16.6. The van der Waals surface area contributed by atoms with Crippen LogP contribution >= 0.6 is 11.3 Å². The molecule has 1 aliphatic carbocycles. The van der Waals surface area contributed by atoms with Gasteiger partial charge in [0, 0.05) is 37.1 Å². The van der Waals surface area contributed by atoms with Crippen LogP contribution in [0.4, 0.5) is 0 Å². The Bertz CT molecular complexity index is 380. The van der Waals surface area contributed by atoms with Crippen molar-refractivity contribution in [2.75, 3.05) is 19.6 Å². The highest BCUT2D eigenvalue weighted by Gasteiger charge is 2.22. The highest BCUT2D eigenvalue weighted by molar-refractivity contribution is 7.10. The molecular weight excluding hydrogens is 264 g/mol. The summed E-state index contributed by atoms with van der Waals surface area (Å²) < 4.78 is 0. The lowest BCUT2D eigenvalue weighted by molar-refractivity contribution is 0.177. The number of hydrogen-bond acceptors (Lipinski definition) is 3. The van der Waals surface area contributed by atoms with Crippen LogP contribution in [0.15, 0.2) is 11.4 Å². The van der Waals surface area contributed by atoms with Crippen LogP contribution in [0.25, 0.3) is 0 Å². The predicted molar refractivity (Wildman–Crippen MR) is 89.4 cm³/mol. The first-order valence-corrected chi connectivity index (χ1v) is 9.02. The first-order chi connectivity index (χ1) is 9.66. The number of hydrogen-bond donors (Lipinski definition) is 1. The van der Waals surface area contributed by atoms with E-state index in [1.165, 1.54) is 49.2 Å². The number of thiophene rings is 1. The SMILES string of the molecule is Cc1ccsc1CNCCN(CC(C)C)C1CCCC1. The molecule has 2 nitrogen and oxygen atoms in total. The minimum Gasteiger partial charge on any atom is -0.311 e. The van der Waals surface area contributed by atoms with Gasteiger partial charge in [0.1, 0.15) is 0 Å². The van der Waals surface area contributed by atoms with E-state index in [0.29, 0.717) is 0 Å². The van der Waals surface area contributed by atoms with Gasteiger partial charge in [-0.15, -0.1) is 11.3 Å². The van der Waals surface area contributed by atoms with Gasteiger partial charge in [-0.1, -0.05) is 26.7 Å². The lowest BCUT2D eigenvalue weighted by atomic mass is 10.1. The second-order valence-corrected chi connectivity index (χ2v) is 7.53. The van der Waals surface area contributed by atoms with Gasteiger partial charge in [-0.3, -0.25) is 4.90 Å². The maximum Gasteiger partial charge on any atom is 0.0302 e. The third-order valence-corrected chi connectivity index (χ3v) is 5.29. The van der Waals surface area contributed by atoms with E-state index in [-0.39, 0.29) is 0 Å². The lowest BCUT2D eigenvalue weighted by Gasteiger charge is -2.30. The molecule has 1 aliphatic rings. The highest BCUT2D eigenvalue weighted by atomic mass is 32.1. The van der Waals surface area contributed by atoms with Crippen LogP contribution in [-0.4, -0.2) is 30.6 Å². The van der Waals surface area contributed by atoms with E-state index in [4.69, 9.17) is 0 Å². The zero-order valence-electron chi connectivity index (χ0n) is 13.3. The molecule has 0 unspecified atom stereocenters. The van der Waals surface area contributed by atoms with Gasteiger partial charge in [-0.05, 0) is 42.7 Å². The largest absolute Gasteiger partial charge is 0.311 e. The Morgan fingerprint density at radius 3 is 2.70 bits per heavy atom. The maximum absolute atomic E-state index is 3.62. The van der Waals surface area contributed by atoms with Gasteiger partial charge in [0.05, 0.1) is 0 Å². The fourth-order valence-corrected chi connectivity index (χ4v) is 4.05. The third-order valence-electron chi connectivity index (χ3n) is 4.27. The van der Waals surface area contributed by atoms with Crippen LogP contribution in [0.3, 0.4) is 0 Å². The predicted octanol–water partition coefficient (Wildman–Crippen LogP) is 4.05. The Morgan fingerprint density at radius 2 is 2.10 bits per heavy atom. The molecule has 3 heteroatoms. The molecule has 0 bridgehead atoms. The van der Waals surface area contributed by atoms with Gasteiger partial charge >= 0.3 is 0 Å². The van der Waals surface area contributed by atoms with Crippen molar-refractivity contribution in [1.82, 2.24) is 10.2 Å². The fraction of sp³-hybridized carbons (Fsp3) is 0.765. The molecule has 0 aliphatic heterocycles. The van der Waals surface area contributed by atoms with Crippen LogP contribution in [0.1, 0.15) is 50.0 Å². The number of rotatable bonds is 8. The van der Waals surface area contributed by atoms with Crippen molar-refractivity contribution in [3.63, 3.8) is 0 Å². The average molecular weight is 295 g/mol. The maximum atomic E-state index is 3.62. The molecule has 1 fully saturated rings. The van der Waals surface area contributed by atoms with E-state index < -0.39 is 0 Å². The van der Waals surface area contributed by atoms with Crippen LogP contribution in [0.2, 0.25) is 0 Å². The Morgan fingerprint density at radius 1 is 1.35 bits per heavy atom. The van der Waals surface area contributed by atoms with Crippen molar-refractivity contribution >= 4 is 11.3 Å². The van der Waals surface area contributed by atoms with E-state index in [1.807, 2.05) is 11.3 Å². The van der Waals surface area contributed by atoms with Gasteiger partial charge in [0.15, 0.2) is 0 Å². The summed E-state index contributed by atoms with van der Waals surface area (Å²) in [5.41, 5.74) is 1.43. The molecule has 2 rings (SSSR count). The topological polar surface area (TPSA) is 15.3 Å². The number of nitrogens with one attached hydrogen (secondary N) is 1. The summed E-state index contributed by atoms with van der Waals surface area (Å²) in [4.78, 5) is 4.22. The van der Waals surface area contributed by atoms with Crippen molar-refractivity contribution in [2.24, 2.45) is 5.92 Å². The summed E-state index contributed by atoms with van der Waals surface area (Å²) >= 11 is 1.87. The first kappa shape index (κ1) is 16.0. The summed E-state index contributed by atoms with van der Waals surface area (Å²) in [6.07, 6.45) is 5.69. The molecule has 1 heterocycles. The number of nitrogens with zero attached hydrogens (tertiary/aromatic N) is 1. The molecular formula is C17H30N2S. The van der Waals surface area contributed by atoms with Crippen molar-refractivity contribution in [3.05, 3.63) is 21.9 Å². The lowest BCUT2D eigenvalue weighted by Crippen LogP contribution is -2.40. The molecule has 1 N–H and O–H groups in total. The Labute approximate surface area is 128 Å². The summed E-state index contributed by atoms with van der Waals surface area (Å²) in [5.74, 6) is 0.773. The van der Waals surface area contributed by atoms with Crippen LogP contribution in [-0.2, 0) is 6.54 Å². The van der Waals surface area contributed by atoms with Gasteiger partial charge < -0.3 is 5.32 Å². The second-order valence-electron chi connectivity index (χ2n) is 6.53. The van der Waals surface area contributed by atoms with E-state index in [1.54, 1.807) is 0 Å². The molecule has 0 spiro atoms. The quantitative estimate of drug-likeness (QED) is 0.728. The van der Waals surface area contributed by atoms with Gasteiger partial charge in [0.25, 0.3) is 0 Å². The summed E-state index contributed by atoms with van der Waals surface area (Å²) in [5, 5.41) is 5.81. The van der Waals surface area contributed by atoms with Gasteiger partial charge in [-0.25, -0.2) is 0 Å². The van der Waals surface area contributed by atoms with Crippen LogP contribution < -0.4 is 5.32 Å². The minimum absolute atomic E-state index is 0.773. The second kappa shape index (κ2) is 8.16. The van der Waals surface area contributed by atoms with Crippen molar-refractivity contribution in [1.29, 1.82) is 0 Å². The van der Waals surface area contributed by atoms with Crippen molar-refractivity contribution < 1.29 is 0 Å². The molecule has 0 amide bonds. The molecule has 0 atom stereocenters. The van der Waals surface area contributed by atoms with Crippen LogP contribution in [0, 0.1) is 12.8 Å². The molecule has 0 aromatic carbocycles. The molecule has 1 saturated carbocycles. The molecule has 20 heavy (non-hydrogen) atoms. The molecule has 0 saturated heterocycles. The van der Waals surface area contributed by atoms with E-state index >= 15 is 0 Å². The van der Waals surface area contributed by atoms with E-state index in [9.17, 15) is 0 Å². The molecule has 1 aromatic rings. The van der Waals surface area contributed by atoms with E-state index in [0.717, 1.165) is 25.0 Å². The minimum atomic E-state index is 0.773. The van der Waals surface area contributed by atoms with Crippen molar-refractivity contribution in [3.8, 4) is 0 Å². The Hall–Kier alpha value is -0.380. The summed E-state index contributed by atoms with van der Waals surface area (Å²) in [7, 11) is 0. The zero-order chi connectivity index (χ0) is 14.4. The Balaban J connectivity index is 1.72. The smallest absolute Gasteiger partial charge is 0.0302 e. The summed E-state index contributed by atoms with van der Waals surface area (Å²) in [6, 6.07) is 3.06. The molecule has 1 aromatic heterocycles. The monoisotopic (exact) mass is 294 g/mol. The Kier molecular flexibility index (Phi) is 6.53. The molecule has 0 radical (unpaired) electrons. The highest BCUT2D eigenvalue weighted by Crippen LogP contribution is 2.24. The summed E-state index contributed by atoms with van der Waals surface area (Å²) in [6.45, 7) is 11.5. The number of aryl methyl sites for hydroxylation is 1.